The molecule has 2 atom stereocenters. The van der Waals surface area contributed by atoms with Crippen molar-refractivity contribution in [1.29, 1.82) is 0 Å². The molecule has 6 aliphatic rings. The van der Waals surface area contributed by atoms with E-state index >= 15 is 0 Å². The summed E-state index contributed by atoms with van der Waals surface area (Å²) in [6.07, 6.45) is 25.9. The molecule has 0 N–H and O–H groups in total. The van der Waals surface area contributed by atoms with Crippen molar-refractivity contribution in [2.24, 2.45) is 27.6 Å². The Hall–Kier alpha value is -0.890. The zero-order valence-electron chi connectivity index (χ0n) is 27.9. The van der Waals surface area contributed by atoms with Gasteiger partial charge in [0.05, 0.1) is 0 Å². The number of allylic oxidation sites excluding steroid dienone is 10. The van der Waals surface area contributed by atoms with Gasteiger partial charge in [0.2, 0.25) is 0 Å². The molecule has 0 nitrogen and oxygen atoms in total. The molecule has 6 aliphatic carbocycles. The predicted molar refractivity (Wildman–Crippen MR) is 174 cm³/mol. The van der Waals surface area contributed by atoms with Gasteiger partial charge in [0, 0.05) is 0 Å². The third kappa shape index (κ3) is 5.91. The Morgan fingerprint density at radius 2 is 1.56 bits per heavy atom. The summed E-state index contributed by atoms with van der Waals surface area (Å²) < 4.78 is 1.85. The van der Waals surface area contributed by atoms with Crippen LogP contribution in [0.1, 0.15) is 118 Å². The van der Waals surface area contributed by atoms with Crippen LogP contribution >= 0.6 is 0 Å². The zero-order valence-corrected chi connectivity index (χ0v) is 33.0. The standard InChI is InChI=1S/C29H37.C6H10.C5H5.2ClH.Hf/c1-18-25-22-17-19-13-9-10-14-20(19)24(22)21-15-11-12-16-23(21)29(25,8)28(6,7)27(4,5)26(18,2)3;1-2-4-6-5-3-1;1-2-4-5-3-1;;;/h9-11,13-15,23H,12,16-17H2,1-8H3;1-5H2;1-3H,4H2;2*1H;/q-1;;-1;;;+2/p-2. The van der Waals surface area contributed by atoms with Gasteiger partial charge in [-0.25, -0.2) is 18.1 Å². The monoisotopic (exact) mass is 782 g/mol. The van der Waals surface area contributed by atoms with E-state index in [1.807, 2.05) is 15.4 Å². The van der Waals surface area contributed by atoms with E-state index in [0.717, 1.165) is 12.8 Å². The Morgan fingerprint density at radius 3 is 2.12 bits per heavy atom. The van der Waals surface area contributed by atoms with Crippen molar-refractivity contribution in [3.05, 3.63) is 94.5 Å². The van der Waals surface area contributed by atoms with Gasteiger partial charge in [0.15, 0.2) is 0 Å². The molecule has 2 saturated carbocycles. The maximum atomic E-state index is 2.99. The predicted octanol–water partition coefficient (Wildman–Crippen LogP) is 4.95. The van der Waals surface area contributed by atoms with Crippen LogP contribution in [-0.4, -0.2) is 3.26 Å². The third-order valence-electron chi connectivity index (χ3n) is 12.8. The molecule has 0 bridgehead atoms. The average molecular weight is 782 g/mol. The van der Waals surface area contributed by atoms with Crippen LogP contribution in [0.3, 0.4) is 0 Å². The minimum absolute atomic E-state index is 0. The van der Waals surface area contributed by atoms with Crippen LogP contribution < -0.4 is 24.8 Å². The van der Waals surface area contributed by atoms with Crippen LogP contribution in [0, 0.1) is 39.6 Å². The molecule has 232 valence electrons. The van der Waals surface area contributed by atoms with Crippen LogP contribution in [0.2, 0.25) is 0 Å². The van der Waals surface area contributed by atoms with Crippen molar-refractivity contribution in [3.63, 3.8) is 0 Å². The molecule has 43 heavy (non-hydrogen) atoms. The molecular formula is C40H52Cl2Hf-2. The molecule has 3 heteroatoms. The van der Waals surface area contributed by atoms with E-state index in [1.54, 1.807) is 28.2 Å². The molecule has 0 heterocycles. The van der Waals surface area contributed by atoms with Crippen LogP contribution in [0.15, 0.2) is 71.4 Å². The van der Waals surface area contributed by atoms with Gasteiger partial charge in [-0.15, -0.1) is 13.3 Å². The van der Waals surface area contributed by atoms with Crippen molar-refractivity contribution in [2.75, 3.05) is 0 Å². The van der Waals surface area contributed by atoms with Crippen LogP contribution in [0.25, 0.3) is 5.57 Å². The fourth-order valence-electron chi connectivity index (χ4n) is 8.89. The second kappa shape index (κ2) is 13.8. The first-order valence-corrected chi connectivity index (χ1v) is 18.0. The number of hydrogen-bond acceptors (Lipinski definition) is 0. The van der Waals surface area contributed by atoms with Gasteiger partial charge in [-0.2, -0.15) is 17.2 Å². The Labute approximate surface area is 290 Å². The summed E-state index contributed by atoms with van der Waals surface area (Å²) in [4.78, 5) is 0. The molecule has 1 aromatic carbocycles. The molecule has 0 radical (unpaired) electrons. The summed E-state index contributed by atoms with van der Waals surface area (Å²) >= 11 is 1.37. The fraction of sp³-hybridized carbons (Fsp3) is 0.550. The Kier molecular flexibility index (Phi) is 11.8. The summed E-state index contributed by atoms with van der Waals surface area (Å²) in [5.74, 6) is 2.24. The number of benzene rings is 1. The van der Waals surface area contributed by atoms with Crippen LogP contribution in [-0.2, 0) is 30.3 Å². The van der Waals surface area contributed by atoms with Gasteiger partial charge in [-0.3, -0.25) is 6.08 Å². The second-order valence-electron chi connectivity index (χ2n) is 14.9. The second-order valence-corrected chi connectivity index (χ2v) is 17.5. The summed E-state index contributed by atoms with van der Waals surface area (Å²) in [6.45, 7) is 20.3. The number of halogens is 2. The van der Waals surface area contributed by atoms with Gasteiger partial charge in [0.25, 0.3) is 0 Å². The third-order valence-corrected chi connectivity index (χ3v) is 14.6. The first-order valence-electron chi connectivity index (χ1n) is 16.2. The zero-order chi connectivity index (χ0) is 29.6. The Morgan fingerprint density at radius 1 is 0.884 bits per heavy atom. The number of rotatable bonds is 0. The van der Waals surface area contributed by atoms with E-state index in [9.17, 15) is 0 Å². The van der Waals surface area contributed by atoms with Gasteiger partial charge < -0.3 is 24.8 Å². The SMILES string of the molecule is C[C-]1C2=C3Cc4ccccc4C3=C3C=CCCC3C2(C)C(C)(C)C(C)(C)C1(C)C.[C-]1=CC=CC1.[Cl-].[Cl-].[Hf+2]=[C]1CCCCC1. The van der Waals surface area contributed by atoms with Crippen LogP contribution in [0.4, 0.5) is 0 Å². The first kappa shape index (κ1) is 36.6. The molecule has 0 aliphatic heterocycles. The average Bonchev–Trinajstić information content (AvgIpc) is 3.65. The first-order chi connectivity index (χ1) is 19.4. The molecule has 0 aromatic heterocycles. The molecular weight excluding hydrogens is 730 g/mol. The number of fused-ring (bicyclic) bond motifs is 6. The quantitative estimate of drug-likeness (QED) is 0.259. The molecule has 2 unspecified atom stereocenters. The van der Waals surface area contributed by atoms with Crippen molar-refractivity contribution in [3.8, 4) is 0 Å². The van der Waals surface area contributed by atoms with Gasteiger partial charge in [0.1, 0.15) is 0 Å². The molecule has 0 spiro atoms. The van der Waals surface area contributed by atoms with Gasteiger partial charge >= 0.3 is 59.3 Å². The molecule has 1 aromatic rings. The summed E-state index contributed by atoms with van der Waals surface area (Å²) in [5.41, 5.74) is 10.3. The van der Waals surface area contributed by atoms with Gasteiger partial charge in [-0.1, -0.05) is 113 Å². The Balaban J connectivity index is 0.000000302. The Bertz CT molecular complexity index is 1330. The molecule has 7 rings (SSSR count). The van der Waals surface area contributed by atoms with E-state index < -0.39 is 0 Å². The van der Waals surface area contributed by atoms with Crippen molar-refractivity contribution >= 4 is 8.83 Å². The minimum atomic E-state index is 0. The van der Waals surface area contributed by atoms with Crippen LogP contribution in [0.5, 0.6) is 0 Å². The van der Waals surface area contributed by atoms with E-state index in [-0.39, 0.29) is 46.5 Å². The van der Waals surface area contributed by atoms with Crippen molar-refractivity contribution in [1.82, 2.24) is 0 Å². The maximum absolute atomic E-state index is 2.99. The van der Waals surface area contributed by atoms with E-state index in [0.29, 0.717) is 5.92 Å². The molecule has 0 saturated heterocycles. The van der Waals surface area contributed by atoms with E-state index in [2.05, 4.69) is 104 Å². The normalized spacial score (nSPS) is 28.2. The summed E-state index contributed by atoms with van der Waals surface area (Å²) in [5, 5.41) is 0. The number of hydrogen-bond donors (Lipinski definition) is 0. The summed E-state index contributed by atoms with van der Waals surface area (Å²) in [6, 6.07) is 9.16. The molecule has 0 amide bonds. The van der Waals surface area contributed by atoms with E-state index in [4.69, 9.17) is 0 Å². The summed E-state index contributed by atoms with van der Waals surface area (Å²) in [7, 11) is 0. The molecule has 2 fully saturated rings. The van der Waals surface area contributed by atoms with Crippen molar-refractivity contribution in [2.45, 2.75) is 113 Å². The van der Waals surface area contributed by atoms with E-state index in [1.165, 1.54) is 80.0 Å². The fourth-order valence-corrected chi connectivity index (χ4v) is 10.2. The topological polar surface area (TPSA) is 0 Å². The van der Waals surface area contributed by atoms with Crippen molar-refractivity contribution < 1.29 is 48.7 Å². The van der Waals surface area contributed by atoms with Gasteiger partial charge in [-0.05, 0) is 40.6 Å².